The van der Waals surface area contributed by atoms with Gasteiger partial charge in [0.2, 0.25) is 0 Å². The van der Waals surface area contributed by atoms with Crippen LogP contribution in [0.4, 0.5) is 18.2 Å². The van der Waals surface area contributed by atoms with Gasteiger partial charge in [-0.3, -0.25) is 14.6 Å². The number of pyridine rings is 1. The second kappa shape index (κ2) is 6.75. The highest BCUT2D eigenvalue weighted by molar-refractivity contribution is 7.23. The second-order valence-electron chi connectivity index (χ2n) is 6.99. The van der Waals surface area contributed by atoms with Gasteiger partial charge in [-0.15, -0.1) is 11.3 Å². The number of piperidine rings is 1. The van der Waals surface area contributed by atoms with Crippen LogP contribution in [0.3, 0.4) is 0 Å². The van der Waals surface area contributed by atoms with Gasteiger partial charge >= 0.3 is 12.1 Å². The van der Waals surface area contributed by atoms with E-state index in [4.69, 9.17) is 0 Å². The van der Waals surface area contributed by atoms with Crippen molar-refractivity contribution in [2.24, 2.45) is 5.92 Å². The van der Waals surface area contributed by atoms with Crippen molar-refractivity contribution in [3.8, 4) is 0 Å². The van der Waals surface area contributed by atoms with Crippen LogP contribution in [0.25, 0.3) is 10.1 Å². The Labute approximate surface area is 156 Å². The van der Waals surface area contributed by atoms with Gasteiger partial charge in [0.15, 0.2) is 0 Å². The monoisotopic (exact) mass is 398 g/mol. The Hall–Kier alpha value is -2.20. The van der Waals surface area contributed by atoms with Gasteiger partial charge in [-0.25, -0.2) is 0 Å². The smallest absolute Gasteiger partial charge is 0.347 e. The summed E-state index contributed by atoms with van der Waals surface area (Å²) in [6, 6.07) is 3.03. The summed E-state index contributed by atoms with van der Waals surface area (Å²) in [6.07, 6.45) is -1.40. The maximum absolute atomic E-state index is 12.5. The minimum atomic E-state index is -4.95. The average molecular weight is 398 g/mol. The van der Waals surface area contributed by atoms with Gasteiger partial charge in [-0.05, 0) is 37.4 Å². The predicted molar refractivity (Wildman–Crippen MR) is 94.7 cm³/mol. The van der Waals surface area contributed by atoms with E-state index in [-0.39, 0.29) is 22.6 Å². The molecule has 4 heterocycles. The number of alkyl halides is 3. The zero-order valence-corrected chi connectivity index (χ0v) is 15.0. The minimum Gasteiger partial charge on any atom is -0.347 e. The zero-order valence-electron chi connectivity index (χ0n) is 14.2. The van der Waals surface area contributed by atoms with Gasteiger partial charge < -0.3 is 15.5 Å². The van der Waals surface area contributed by atoms with E-state index in [2.05, 4.69) is 15.2 Å². The summed E-state index contributed by atoms with van der Waals surface area (Å²) in [4.78, 5) is 30.0. The number of aromatic nitrogens is 1. The van der Waals surface area contributed by atoms with Gasteiger partial charge in [0.1, 0.15) is 5.69 Å². The SMILES string of the molecule is O=C(N[C@@H]1C[C@@H]2CCN(C2)C1)c1cc2sc(NC(=O)C(F)(F)F)cc2cn1. The molecule has 0 spiro atoms. The molecule has 2 aromatic heterocycles. The van der Waals surface area contributed by atoms with Crippen LogP contribution in [-0.2, 0) is 4.79 Å². The van der Waals surface area contributed by atoms with E-state index in [9.17, 15) is 22.8 Å². The Morgan fingerprint density at radius 3 is 2.81 bits per heavy atom. The Morgan fingerprint density at radius 2 is 2.07 bits per heavy atom. The molecule has 4 rings (SSSR count). The number of carbonyl (C=O) groups is 2. The van der Waals surface area contributed by atoms with Gasteiger partial charge in [-0.1, -0.05) is 0 Å². The van der Waals surface area contributed by atoms with Crippen molar-refractivity contribution in [1.82, 2.24) is 15.2 Å². The maximum atomic E-state index is 12.5. The van der Waals surface area contributed by atoms with E-state index in [1.165, 1.54) is 18.3 Å². The summed E-state index contributed by atoms with van der Waals surface area (Å²) in [5, 5.41) is 5.45. The number of nitrogens with zero attached hydrogens (tertiary/aromatic N) is 2. The number of amides is 2. The van der Waals surface area contributed by atoms with Gasteiger partial charge in [0.25, 0.3) is 5.91 Å². The molecule has 27 heavy (non-hydrogen) atoms. The molecule has 2 aliphatic rings. The number of rotatable bonds is 3. The van der Waals surface area contributed by atoms with Crippen molar-refractivity contribution >= 4 is 38.2 Å². The summed E-state index contributed by atoms with van der Waals surface area (Å²) < 4.78 is 37.7. The molecule has 2 N–H and O–H groups in total. The summed E-state index contributed by atoms with van der Waals surface area (Å²) in [6.45, 7) is 3.00. The largest absolute Gasteiger partial charge is 0.471 e. The van der Waals surface area contributed by atoms with Crippen LogP contribution in [0.1, 0.15) is 23.3 Å². The number of hydrogen-bond acceptors (Lipinski definition) is 5. The van der Waals surface area contributed by atoms with Crippen LogP contribution in [0.15, 0.2) is 18.3 Å². The topological polar surface area (TPSA) is 74.3 Å². The van der Waals surface area contributed by atoms with E-state index >= 15 is 0 Å². The van der Waals surface area contributed by atoms with Crippen LogP contribution in [0.5, 0.6) is 0 Å². The Morgan fingerprint density at radius 1 is 1.26 bits per heavy atom. The average Bonchev–Trinajstić information content (AvgIpc) is 3.15. The number of anilines is 1. The van der Waals surface area contributed by atoms with Gasteiger partial charge in [0, 0.05) is 35.4 Å². The number of thiophene rings is 1. The summed E-state index contributed by atoms with van der Waals surface area (Å²) in [7, 11) is 0. The van der Waals surface area contributed by atoms with Crippen LogP contribution in [-0.4, -0.2) is 53.6 Å². The molecule has 2 aromatic rings. The lowest BCUT2D eigenvalue weighted by Crippen LogP contribution is -2.47. The lowest BCUT2D eigenvalue weighted by Gasteiger charge is -2.30. The lowest BCUT2D eigenvalue weighted by molar-refractivity contribution is -0.167. The third-order valence-electron chi connectivity index (χ3n) is 4.93. The van der Waals surface area contributed by atoms with Gasteiger partial charge in [-0.2, -0.15) is 13.2 Å². The summed E-state index contributed by atoms with van der Waals surface area (Å²) >= 11 is 0.970. The maximum Gasteiger partial charge on any atom is 0.471 e. The molecule has 2 bridgehead atoms. The highest BCUT2D eigenvalue weighted by Gasteiger charge is 2.39. The minimum absolute atomic E-state index is 0.0586. The van der Waals surface area contributed by atoms with Crippen molar-refractivity contribution in [2.75, 3.05) is 25.0 Å². The first-order valence-corrected chi connectivity index (χ1v) is 9.40. The van der Waals surface area contributed by atoms with Crippen molar-refractivity contribution in [3.63, 3.8) is 0 Å². The molecule has 0 aromatic carbocycles. The molecule has 2 amide bonds. The normalized spacial score (nSPS) is 24.8. The first-order chi connectivity index (χ1) is 12.8. The van der Waals surface area contributed by atoms with E-state index < -0.39 is 12.1 Å². The van der Waals surface area contributed by atoms with Crippen LogP contribution < -0.4 is 10.6 Å². The second-order valence-corrected chi connectivity index (χ2v) is 8.07. The Kier molecular flexibility index (Phi) is 4.55. The zero-order chi connectivity index (χ0) is 19.2. The van der Waals surface area contributed by atoms with Crippen molar-refractivity contribution in [2.45, 2.75) is 25.1 Å². The van der Waals surface area contributed by atoms with Gasteiger partial charge in [0.05, 0.1) is 5.00 Å². The standard InChI is InChI=1S/C17H17F3N4O2S/c18-17(19,20)16(26)23-14-4-10-6-21-12(5-13(10)27-14)15(25)22-11-3-9-1-2-24(7-9)8-11/h4-6,9,11H,1-3,7-8H2,(H,22,25)(H,23,26)/t9-,11+/m0/s1. The highest BCUT2D eigenvalue weighted by atomic mass is 32.1. The lowest BCUT2D eigenvalue weighted by atomic mass is 9.97. The van der Waals surface area contributed by atoms with Crippen LogP contribution in [0, 0.1) is 5.92 Å². The fraction of sp³-hybridized carbons (Fsp3) is 0.471. The van der Waals surface area contributed by atoms with E-state index in [1.54, 1.807) is 0 Å². The molecule has 3 atom stereocenters. The molecule has 0 saturated carbocycles. The number of carbonyl (C=O) groups excluding carboxylic acids is 2. The third-order valence-corrected chi connectivity index (χ3v) is 5.94. The third kappa shape index (κ3) is 3.91. The Balaban J connectivity index is 1.46. The predicted octanol–water partition coefficient (Wildman–Crippen LogP) is 2.62. The van der Waals surface area contributed by atoms with E-state index in [0.717, 1.165) is 43.8 Å². The summed E-state index contributed by atoms with van der Waals surface area (Å²) in [5.74, 6) is -1.70. The fourth-order valence-electron chi connectivity index (χ4n) is 3.73. The van der Waals surface area contributed by atoms with E-state index in [0.29, 0.717) is 16.0 Å². The van der Waals surface area contributed by atoms with E-state index in [1.807, 2.05) is 5.32 Å². The molecule has 10 heteroatoms. The van der Waals surface area contributed by atoms with Crippen LogP contribution in [0.2, 0.25) is 0 Å². The molecule has 2 fully saturated rings. The quantitative estimate of drug-likeness (QED) is 0.834. The molecule has 6 nitrogen and oxygen atoms in total. The van der Waals surface area contributed by atoms with Crippen molar-refractivity contribution < 1.29 is 22.8 Å². The number of halogens is 3. The molecule has 2 saturated heterocycles. The molecule has 0 aliphatic carbocycles. The Bertz CT molecular complexity index is 886. The number of fused-ring (bicyclic) bond motifs is 3. The summed E-state index contributed by atoms with van der Waals surface area (Å²) in [5.41, 5.74) is 0.214. The number of nitrogens with one attached hydrogen (secondary N) is 2. The van der Waals surface area contributed by atoms with Crippen LogP contribution >= 0.6 is 11.3 Å². The molecule has 0 radical (unpaired) electrons. The molecule has 144 valence electrons. The first-order valence-electron chi connectivity index (χ1n) is 8.59. The molecule has 1 unspecified atom stereocenters. The van der Waals surface area contributed by atoms with Crippen molar-refractivity contribution in [1.29, 1.82) is 0 Å². The first kappa shape index (κ1) is 18.2. The molecule has 2 aliphatic heterocycles. The highest BCUT2D eigenvalue weighted by Crippen LogP contribution is 2.31. The molecular weight excluding hydrogens is 381 g/mol. The fourth-order valence-corrected chi connectivity index (χ4v) is 4.69. The van der Waals surface area contributed by atoms with Crippen molar-refractivity contribution in [3.05, 3.63) is 24.0 Å². The molecular formula is C17H17F3N4O2S. The number of hydrogen-bond donors (Lipinski definition) is 2.